The van der Waals surface area contributed by atoms with Crippen LogP contribution in [0.5, 0.6) is 0 Å². The van der Waals surface area contributed by atoms with Gasteiger partial charge in [0.25, 0.3) is 0 Å². The Labute approximate surface area is 405 Å². The molecule has 374 valence electrons. The molecule has 7 amide bonds. The van der Waals surface area contributed by atoms with Crippen LogP contribution in [0.1, 0.15) is 111 Å². The van der Waals surface area contributed by atoms with Crippen molar-refractivity contribution in [1.82, 2.24) is 36.5 Å². The maximum absolute atomic E-state index is 14.5. The average Bonchev–Trinajstić information content (AvgIpc) is 3.27. The first-order chi connectivity index (χ1) is 32.6. The SMILES string of the molecule is CC(C)C[C@@H](NC(=O)[C@@H](Cc1ccccc1)NC(=O)[C@@H](Cc1ccccc1)NC(=O)OC(C)(C)C)C(=O)N[C@H](CCCCNC(=O)OC(C)(C)C)C(=O)N1CCC2(CC1)OC(=O)Nc1ncccc12. The zero-order valence-electron chi connectivity index (χ0n) is 41.1. The van der Waals surface area contributed by atoms with E-state index in [0.29, 0.717) is 31.5 Å². The molecule has 18 nitrogen and oxygen atoms in total. The number of carbonyl (C=O) groups excluding carboxylic acids is 7. The molecule has 3 aromatic rings. The third-order valence-electron chi connectivity index (χ3n) is 11.4. The molecule has 69 heavy (non-hydrogen) atoms. The van der Waals surface area contributed by atoms with E-state index in [1.165, 1.54) is 0 Å². The van der Waals surface area contributed by atoms with E-state index in [4.69, 9.17) is 14.2 Å². The maximum atomic E-state index is 14.5. The minimum atomic E-state index is -1.19. The number of nitrogens with one attached hydrogen (secondary N) is 6. The molecule has 0 bridgehead atoms. The Kier molecular flexibility index (Phi) is 18.5. The summed E-state index contributed by atoms with van der Waals surface area (Å²) in [6, 6.07) is 17.3. The molecule has 4 atom stereocenters. The Balaban J connectivity index is 1.35. The lowest BCUT2D eigenvalue weighted by atomic mass is 9.83. The number of alkyl carbamates (subject to hydrolysis) is 2. The number of anilines is 1. The van der Waals surface area contributed by atoms with Gasteiger partial charge in [-0.15, -0.1) is 0 Å². The highest BCUT2D eigenvalue weighted by Crippen LogP contribution is 2.42. The molecule has 0 radical (unpaired) electrons. The molecule has 5 rings (SSSR count). The number of amides is 7. The normalized spacial score (nSPS) is 16.0. The van der Waals surface area contributed by atoms with Crippen LogP contribution in [0.3, 0.4) is 0 Å². The number of ether oxygens (including phenoxy) is 3. The van der Waals surface area contributed by atoms with Crippen molar-refractivity contribution in [1.29, 1.82) is 0 Å². The Morgan fingerprint density at radius 1 is 0.696 bits per heavy atom. The van der Waals surface area contributed by atoms with Gasteiger partial charge < -0.3 is 45.7 Å². The molecule has 2 aromatic carbocycles. The fourth-order valence-corrected chi connectivity index (χ4v) is 8.23. The quantitative estimate of drug-likeness (QED) is 0.0599. The summed E-state index contributed by atoms with van der Waals surface area (Å²) in [4.78, 5) is 102. The van der Waals surface area contributed by atoms with Gasteiger partial charge in [0.15, 0.2) is 0 Å². The highest BCUT2D eigenvalue weighted by molar-refractivity contribution is 5.95. The molecule has 0 aliphatic carbocycles. The lowest BCUT2D eigenvalue weighted by Crippen LogP contribution is -2.60. The van der Waals surface area contributed by atoms with Gasteiger partial charge in [-0.3, -0.25) is 24.5 Å². The number of piperidine rings is 1. The molecular weight excluding hydrogens is 885 g/mol. The molecule has 6 N–H and O–H groups in total. The Morgan fingerprint density at radius 2 is 1.22 bits per heavy atom. The third-order valence-corrected chi connectivity index (χ3v) is 11.4. The van der Waals surface area contributed by atoms with Crippen molar-refractivity contribution in [2.45, 2.75) is 148 Å². The van der Waals surface area contributed by atoms with E-state index in [0.717, 1.165) is 16.7 Å². The van der Waals surface area contributed by atoms with Crippen LogP contribution >= 0.6 is 0 Å². The van der Waals surface area contributed by atoms with Crippen molar-refractivity contribution in [2.75, 3.05) is 25.0 Å². The van der Waals surface area contributed by atoms with Crippen LogP contribution in [0.2, 0.25) is 0 Å². The van der Waals surface area contributed by atoms with Gasteiger partial charge in [0.1, 0.15) is 46.8 Å². The summed E-state index contributed by atoms with van der Waals surface area (Å²) in [7, 11) is 0. The Hall–Kier alpha value is -6.72. The second-order valence-electron chi connectivity index (χ2n) is 20.0. The van der Waals surface area contributed by atoms with Gasteiger partial charge in [-0.25, -0.2) is 19.4 Å². The number of pyridine rings is 1. The number of nitrogens with zero attached hydrogens (tertiary/aromatic N) is 2. The molecule has 1 fully saturated rings. The van der Waals surface area contributed by atoms with Crippen molar-refractivity contribution < 1.29 is 47.8 Å². The first-order valence-electron chi connectivity index (χ1n) is 23.8. The fourth-order valence-electron chi connectivity index (χ4n) is 8.23. The van der Waals surface area contributed by atoms with Crippen molar-refractivity contribution in [3.05, 3.63) is 95.7 Å². The zero-order valence-corrected chi connectivity index (χ0v) is 41.1. The van der Waals surface area contributed by atoms with Gasteiger partial charge in [0.05, 0.1) is 0 Å². The molecule has 1 saturated heterocycles. The summed E-state index contributed by atoms with van der Waals surface area (Å²) >= 11 is 0. The van der Waals surface area contributed by atoms with E-state index in [1.54, 1.807) is 58.7 Å². The van der Waals surface area contributed by atoms with Crippen LogP contribution in [0.4, 0.5) is 20.2 Å². The molecular formula is C51H70N8O10. The van der Waals surface area contributed by atoms with E-state index in [-0.39, 0.29) is 57.1 Å². The number of benzene rings is 2. The molecule has 3 heterocycles. The van der Waals surface area contributed by atoms with E-state index in [2.05, 4.69) is 36.9 Å². The Morgan fingerprint density at radius 3 is 1.78 bits per heavy atom. The molecule has 2 aliphatic heterocycles. The first-order valence-corrected chi connectivity index (χ1v) is 23.8. The number of rotatable bonds is 19. The largest absolute Gasteiger partial charge is 0.444 e. The Bertz CT molecular complexity index is 2240. The van der Waals surface area contributed by atoms with Gasteiger partial charge in [-0.2, -0.15) is 0 Å². The summed E-state index contributed by atoms with van der Waals surface area (Å²) in [6.45, 7) is 14.9. The van der Waals surface area contributed by atoms with Crippen LogP contribution in [0, 0.1) is 5.92 Å². The number of fused-ring (bicyclic) bond motifs is 2. The van der Waals surface area contributed by atoms with Crippen LogP contribution in [-0.4, -0.2) is 107 Å². The van der Waals surface area contributed by atoms with E-state index >= 15 is 0 Å². The standard InChI is InChI=1S/C51H70N8O10/c1-33(2)30-38(55-43(61)39(31-34-18-11-9-12-19-34)56-44(62)40(32-35-20-13-10-14-21-35)57-47(65)68-50(6,7)8)42(60)54-37(23-15-16-26-53-46(64)67-49(3,4)5)45(63)59-28-24-51(25-29-59)36-22-17-27-52-41(36)58-48(66)69-51/h9-14,17-22,27,33,37-40H,15-16,23-26,28-32H2,1-8H3,(H,53,64)(H,54,60)(H,55,61)(H,56,62)(H,57,65)(H,52,58,66)/t37-,38-,39-,40-/m1/s1. The summed E-state index contributed by atoms with van der Waals surface area (Å²) in [5, 5.41) is 16.8. The minimum absolute atomic E-state index is 0.0553. The highest BCUT2D eigenvalue weighted by atomic mass is 16.6. The lowest BCUT2D eigenvalue weighted by Gasteiger charge is -2.44. The molecule has 1 aromatic heterocycles. The highest BCUT2D eigenvalue weighted by Gasteiger charge is 2.46. The van der Waals surface area contributed by atoms with Crippen molar-refractivity contribution in [3.8, 4) is 0 Å². The van der Waals surface area contributed by atoms with E-state index < -0.39 is 77.0 Å². The second-order valence-corrected chi connectivity index (χ2v) is 20.0. The van der Waals surface area contributed by atoms with Crippen LogP contribution in [0.25, 0.3) is 0 Å². The summed E-state index contributed by atoms with van der Waals surface area (Å²) in [5.74, 6) is -1.91. The van der Waals surface area contributed by atoms with Gasteiger partial charge in [-0.1, -0.05) is 74.5 Å². The lowest BCUT2D eigenvalue weighted by molar-refractivity contribution is -0.141. The number of hydrogen-bond donors (Lipinski definition) is 6. The van der Waals surface area contributed by atoms with Crippen molar-refractivity contribution in [2.24, 2.45) is 5.92 Å². The van der Waals surface area contributed by atoms with Crippen molar-refractivity contribution in [3.63, 3.8) is 0 Å². The van der Waals surface area contributed by atoms with Crippen LogP contribution in [0.15, 0.2) is 79.0 Å². The number of carbonyl (C=O) groups is 7. The molecule has 0 unspecified atom stereocenters. The third kappa shape index (κ3) is 16.8. The maximum Gasteiger partial charge on any atom is 0.413 e. The summed E-state index contributed by atoms with van der Waals surface area (Å²) < 4.78 is 16.7. The number of unbranched alkanes of at least 4 members (excludes halogenated alkanes) is 1. The van der Waals surface area contributed by atoms with Gasteiger partial charge in [-0.05, 0) is 96.4 Å². The molecule has 1 spiro atoms. The fraction of sp³-hybridized carbons (Fsp3) is 0.529. The topological polar surface area (TPSA) is 235 Å². The minimum Gasteiger partial charge on any atom is -0.444 e. The van der Waals surface area contributed by atoms with E-state index in [9.17, 15) is 33.6 Å². The number of likely N-dealkylation sites (tertiary alicyclic amines) is 1. The monoisotopic (exact) mass is 955 g/mol. The van der Waals surface area contributed by atoms with E-state index in [1.807, 2.05) is 80.6 Å². The van der Waals surface area contributed by atoms with Gasteiger partial charge >= 0.3 is 18.3 Å². The molecule has 18 heteroatoms. The summed E-state index contributed by atoms with van der Waals surface area (Å²) in [6.07, 6.45) is 1.63. The van der Waals surface area contributed by atoms with Crippen molar-refractivity contribution >= 4 is 47.7 Å². The smallest absolute Gasteiger partial charge is 0.413 e. The second kappa shape index (κ2) is 24.0. The first kappa shape index (κ1) is 53.2. The predicted octanol–water partition coefficient (Wildman–Crippen LogP) is 6.04. The molecule has 2 aliphatic rings. The van der Waals surface area contributed by atoms with Crippen LogP contribution in [-0.2, 0) is 51.8 Å². The zero-order chi connectivity index (χ0) is 50.4. The van der Waals surface area contributed by atoms with Gasteiger partial charge in [0.2, 0.25) is 23.6 Å². The number of aromatic nitrogens is 1. The van der Waals surface area contributed by atoms with Crippen LogP contribution < -0.4 is 31.9 Å². The summed E-state index contributed by atoms with van der Waals surface area (Å²) in [5.41, 5.74) is -0.289. The number of hydrogen-bond acceptors (Lipinski definition) is 11. The van der Waals surface area contributed by atoms with Gasteiger partial charge in [0, 0.05) is 57.1 Å². The predicted molar refractivity (Wildman–Crippen MR) is 259 cm³/mol. The average molecular weight is 955 g/mol. The molecule has 0 saturated carbocycles.